The van der Waals surface area contributed by atoms with Crippen molar-refractivity contribution in [3.63, 3.8) is 0 Å². The first-order valence-electron chi connectivity index (χ1n) is 4.22. The lowest BCUT2D eigenvalue weighted by Gasteiger charge is -2.05. The van der Waals surface area contributed by atoms with Gasteiger partial charge >= 0.3 is 0 Å². The lowest BCUT2D eigenvalue weighted by Crippen LogP contribution is -2.30. The number of alkyl halides is 1. The summed E-state index contributed by atoms with van der Waals surface area (Å²) in [6.45, 7) is 0.873. The second-order valence-corrected chi connectivity index (χ2v) is 2.98. The van der Waals surface area contributed by atoms with Crippen LogP contribution in [0.1, 0.15) is 0 Å². The summed E-state index contributed by atoms with van der Waals surface area (Å²) < 4.78 is 1.52. The number of pyridine rings is 1. The van der Waals surface area contributed by atoms with Gasteiger partial charge in [-0.3, -0.25) is 9.59 Å². The van der Waals surface area contributed by atoms with Crippen LogP contribution < -0.4 is 10.9 Å². The van der Waals surface area contributed by atoms with E-state index in [1.807, 2.05) is 0 Å². The Kier molecular flexibility index (Phi) is 4.19. The van der Waals surface area contributed by atoms with Crippen molar-refractivity contribution in [2.24, 2.45) is 0 Å². The van der Waals surface area contributed by atoms with Crippen LogP contribution in [0.15, 0.2) is 29.2 Å². The van der Waals surface area contributed by atoms with Gasteiger partial charge in [0.1, 0.15) is 5.88 Å². The van der Waals surface area contributed by atoms with Gasteiger partial charge in [0.25, 0.3) is 5.56 Å². The molecule has 0 aliphatic rings. The molecule has 1 aromatic rings. The molecule has 0 spiro atoms. The van der Waals surface area contributed by atoms with E-state index >= 15 is 0 Å². The zero-order valence-corrected chi connectivity index (χ0v) is 8.33. The minimum Gasteiger partial charge on any atom is -0.353 e. The molecule has 1 aromatic heterocycles. The zero-order chi connectivity index (χ0) is 10.4. The number of carbonyl (C=O) groups excluding carboxylic acids is 1. The minimum absolute atomic E-state index is 0.0519. The molecule has 14 heavy (non-hydrogen) atoms. The van der Waals surface area contributed by atoms with Crippen LogP contribution in [0, 0.1) is 0 Å². The van der Waals surface area contributed by atoms with Crippen molar-refractivity contribution in [3.05, 3.63) is 34.7 Å². The fourth-order valence-corrected chi connectivity index (χ4v) is 1.10. The quantitative estimate of drug-likeness (QED) is 0.729. The minimum atomic E-state index is -0.226. The molecule has 0 aliphatic heterocycles. The Morgan fingerprint density at radius 1 is 1.50 bits per heavy atom. The summed E-state index contributed by atoms with van der Waals surface area (Å²) in [4.78, 5) is 21.9. The van der Waals surface area contributed by atoms with Crippen LogP contribution >= 0.6 is 11.6 Å². The Morgan fingerprint density at radius 2 is 2.29 bits per heavy atom. The van der Waals surface area contributed by atoms with E-state index in [0.717, 1.165) is 0 Å². The third kappa shape index (κ3) is 3.22. The highest BCUT2D eigenvalue weighted by Crippen LogP contribution is 1.81. The molecular formula is C9H11ClN2O2. The summed E-state index contributed by atoms with van der Waals surface area (Å²) in [5.74, 6) is -0.278. The molecule has 1 rings (SSSR count). The van der Waals surface area contributed by atoms with Crippen molar-refractivity contribution in [2.75, 3.05) is 12.4 Å². The Labute approximate surface area is 86.5 Å². The molecule has 0 bridgehead atoms. The van der Waals surface area contributed by atoms with Gasteiger partial charge in [-0.15, -0.1) is 11.6 Å². The monoisotopic (exact) mass is 214 g/mol. The number of halogens is 1. The molecule has 1 amide bonds. The summed E-state index contributed by atoms with van der Waals surface area (Å²) in [5.41, 5.74) is -0.0763. The molecule has 5 heteroatoms. The highest BCUT2D eigenvalue weighted by Gasteiger charge is 1.97. The molecule has 0 saturated carbocycles. The average molecular weight is 215 g/mol. The van der Waals surface area contributed by atoms with Crippen LogP contribution in [0.2, 0.25) is 0 Å². The highest BCUT2D eigenvalue weighted by atomic mass is 35.5. The molecule has 0 atom stereocenters. The van der Waals surface area contributed by atoms with Crippen LogP contribution in [0.3, 0.4) is 0 Å². The number of aromatic nitrogens is 1. The lowest BCUT2D eigenvalue weighted by atomic mass is 10.4. The number of hydrogen-bond acceptors (Lipinski definition) is 2. The van der Waals surface area contributed by atoms with Crippen molar-refractivity contribution in [2.45, 2.75) is 6.54 Å². The predicted octanol–water partition coefficient (Wildman–Crippen LogP) is 0.203. The maximum absolute atomic E-state index is 11.2. The first-order valence-corrected chi connectivity index (χ1v) is 4.75. The SMILES string of the molecule is O=C(CCl)NCCn1ccccc1=O. The highest BCUT2D eigenvalue weighted by molar-refractivity contribution is 6.27. The summed E-state index contributed by atoms with van der Waals surface area (Å²) in [7, 11) is 0. The third-order valence-corrected chi connectivity index (χ3v) is 1.94. The number of carbonyl (C=O) groups is 1. The van der Waals surface area contributed by atoms with Crippen LogP contribution in [0.25, 0.3) is 0 Å². The molecule has 4 nitrogen and oxygen atoms in total. The molecule has 0 saturated heterocycles. The van der Waals surface area contributed by atoms with Crippen molar-refractivity contribution < 1.29 is 4.79 Å². The predicted molar refractivity (Wildman–Crippen MR) is 54.4 cm³/mol. The number of nitrogens with one attached hydrogen (secondary N) is 1. The zero-order valence-electron chi connectivity index (χ0n) is 7.57. The topological polar surface area (TPSA) is 51.1 Å². The van der Waals surface area contributed by atoms with E-state index in [2.05, 4.69) is 5.32 Å². The van der Waals surface area contributed by atoms with E-state index in [1.54, 1.807) is 18.3 Å². The summed E-state index contributed by atoms with van der Waals surface area (Å²) in [6.07, 6.45) is 1.68. The third-order valence-electron chi connectivity index (χ3n) is 1.70. The Bertz CT molecular complexity index is 362. The van der Waals surface area contributed by atoms with Crippen molar-refractivity contribution >= 4 is 17.5 Å². The molecule has 0 aromatic carbocycles. The van der Waals surface area contributed by atoms with Gasteiger partial charge in [0.15, 0.2) is 0 Å². The number of nitrogens with zero attached hydrogens (tertiary/aromatic N) is 1. The van der Waals surface area contributed by atoms with E-state index in [1.165, 1.54) is 10.6 Å². The van der Waals surface area contributed by atoms with Gasteiger partial charge in [-0.2, -0.15) is 0 Å². The van der Waals surface area contributed by atoms with Gasteiger partial charge in [0.05, 0.1) is 0 Å². The van der Waals surface area contributed by atoms with Crippen molar-refractivity contribution in [1.82, 2.24) is 9.88 Å². The van der Waals surface area contributed by atoms with Gasteiger partial charge in [-0.25, -0.2) is 0 Å². The molecule has 76 valence electrons. The average Bonchev–Trinajstić information content (AvgIpc) is 2.20. The molecule has 0 fully saturated rings. The summed E-state index contributed by atoms with van der Waals surface area (Å²) in [6, 6.07) is 4.92. The van der Waals surface area contributed by atoms with Gasteiger partial charge in [-0.1, -0.05) is 6.07 Å². The Balaban J connectivity index is 2.43. The van der Waals surface area contributed by atoms with Gasteiger partial charge in [0, 0.05) is 25.4 Å². The fraction of sp³-hybridized carbons (Fsp3) is 0.333. The normalized spacial score (nSPS) is 9.79. The van der Waals surface area contributed by atoms with Crippen LogP contribution in [-0.4, -0.2) is 22.9 Å². The maximum atomic E-state index is 11.2. The maximum Gasteiger partial charge on any atom is 0.250 e. The van der Waals surface area contributed by atoms with Crippen LogP contribution in [0.5, 0.6) is 0 Å². The van der Waals surface area contributed by atoms with E-state index in [4.69, 9.17) is 11.6 Å². The largest absolute Gasteiger partial charge is 0.353 e. The summed E-state index contributed by atoms with van der Waals surface area (Å²) >= 11 is 5.28. The number of rotatable bonds is 4. The Hall–Kier alpha value is -1.29. The van der Waals surface area contributed by atoms with E-state index in [0.29, 0.717) is 13.1 Å². The van der Waals surface area contributed by atoms with Gasteiger partial charge < -0.3 is 9.88 Å². The molecule has 1 N–H and O–H groups in total. The standard InChI is InChI=1S/C9H11ClN2O2/c10-7-8(13)11-4-6-12-5-2-1-3-9(12)14/h1-3,5H,4,6-7H2,(H,11,13). The second kappa shape index (κ2) is 5.44. The lowest BCUT2D eigenvalue weighted by molar-refractivity contribution is -0.118. The smallest absolute Gasteiger partial charge is 0.250 e. The molecule has 0 unspecified atom stereocenters. The number of hydrogen-bond donors (Lipinski definition) is 1. The van der Waals surface area contributed by atoms with Gasteiger partial charge in [0.2, 0.25) is 5.91 Å². The van der Waals surface area contributed by atoms with Crippen LogP contribution in [-0.2, 0) is 11.3 Å². The molecule has 0 aliphatic carbocycles. The van der Waals surface area contributed by atoms with E-state index < -0.39 is 0 Å². The first kappa shape index (κ1) is 10.8. The molecule has 0 radical (unpaired) electrons. The molecule has 1 heterocycles. The summed E-state index contributed by atoms with van der Waals surface area (Å²) in [5, 5.41) is 2.58. The Morgan fingerprint density at radius 3 is 2.93 bits per heavy atom. The number of amides is 1. The second-order valence-electron chi connectivity index (χ2n) is 2.72. The van der Waals surface area contributed by atoms with E-state index in [-0.39, 0.29) is 17.3 Å². The van der Waals surface area contributed by atoms with Crippen molar-refractivity contribution in [3.8, 4) is 0 Å². The van der Waals surface area contributed by atoms with Crippen LogP contribution in [0.4, 0.5) is 0 Å². The van der Waals surface area contributed by atoms with Crippen molar-refractivity contribution in [1.29, 1.82) is 0 Å². The fourth-order valence-electron chi connectivity index (χ4n) is 1.01. The van der Waals surface area contributed by atoms with Gasteiger partial charge in [-0.05, 0) is 6.07 Å². The first-order chi connectivity index (χ1) is 6.74. The molecular weight excluding hydrogens is 204 g/mol. The van der Waals surface area contributed by atoms with E-state index in [9.17, 15) is 9.59 Å².